The molecule has 0 aliphatic carbocycles. The molecule has 2 rings (SSSR count). The Morgan fingerprint density at radius 3 is 2.81 bits per heavy atom. The summed E-state index contributed by atoms with van der Waals surface area (Å²) in [6, 6.07) is 4.28. The molecule has 1 fully saturated rings. The van der Waals surface area contributed by atoms with Gasteiger partial charge in [-0.3, -0.25) is 0 Å². The lowest BCUT2D eigenvalue weighted by Crippen LogP contribution is -2.38. The lowest BCUT2D eigenvalue weighted by atomic mass is 10.0. The minimum atomic E-state index is 0.550. The lowest BCUT2D eigenvalue weighted by Gasteiger charge is -2.36. The Bertz CT molecular complexity index is 372. The van der Waals surface area contributed by atoms with Crippen LogP contribution in [-0.2, 0) is 0 Å². The van der Waals surface area contributed by atoms with Gasteiger partial charge in [0.1, 0.15) is 0 Å². The third-order valence-electron chi connectivity index (χ3n) is 3.15. The Kier molecular flexibility index (Phi) is 3.65. The first kappa shape index (κ1) is 12.1. The molecule has 1 heterocycles. The molecule has 0 unspecified atom stereocenters. The summed E-state index contributed by atoms with van der Waals surface area (Å²) in [5.74, 6) is 0. The Balaban J connectivity index is 2.38. The first-order valence-corrected chi connectivity index (χ1v) is 6.78. The molecule has 88 valence electrons. The van der Waals surface area contributed by atoms with Gasteiger partial charge in [-0.2, -0.15) is 0 Å². The molecule has 0 saturated carbocycles. The standard InChI is InChI=1S/C12H16BrClN2/c1-8-4-2-3-5-16(8)12-10(13)6-9(14)7-11(12)15/h6-8H,2-5,15H2,1H3/t8-/m1/s1. The van der Waals surface area contributed by atoms with Crippen LogP contribution in [0.3, 0.4) is 0 Å². The van der Waals surface area contributed by atoms with Gasteiger partial charge >= 0.3 is 0 Å². The second-order valence-electron chi connectivity index (χ2n) is 4.36. The molecule has 2 N–H and O–H groups in total. The van der Waals surface area contributed by atoms with Gasteiger partial charge in [-0.1, -0.05) is 11.6 Å². The van der Waals surface area contributed by atoms with Crippen molar-refractivity contribution in [2.75, 3.05) is 17.2 Å². The van der Waals surface area contributed by atoms with Crippen LogP contribution in [0, 0.1) is 0 Å². The van der Waals surface area contributed by atoms with Crippen LogP contribution in [0.4, 0.5) is 11.4 Å². The van der Waals surface area contributed by atoms with Gasteiger partial charge in [0.15, 0.2) is 0 Å². The van der Waals surface area contributed by atoms with Crippen LogP contribution in [0.1, 0.15) is 26.2 Å². The first-order chi connectivity index (χ1) is 7.59. The number of nitrogens with two attached hydrogens (primary N) is 1. The Morgan fingerprint density at radius 1 is 1.44 bits per heavy atom. The second kappa shape index (κ2) is 4.84. The van der Waals surface area contributed by atoms with E-state index in [1.807, 2.05) is 12.1 Å². The van der Waals surface area contributed by atoms with Crippen LogP contribution in [-0.4, -0.2) is 12.6 Å². The SMILES string of the molecule is C[C@@H]1CCCCN1c1c(N)cc(Cl)cc1Br. The van der Waals surface area contributed by atoms with Crippen molar-refractivity contribution in [3.63, 3.8) is 0 Å². The van der Waals surface area contributed by atoms with Gasteiger partial charge in [-0.05, 0) is 54.2 Å². The summed E-state index contributed by atoms with van der Waals surface area (Å²) in [5.41, 5.74) is 7.91. The summed E-state index contributed by atoms with van der Waals surface area (Å²) < 4.78 is 0.992. The highest BCUT2D eigenvalue weighted by atomic mass is 79.9. The number of rotatable bonds is 1. The molecule has 16 heavy (non-hydrogen) atoms. The number of nitrogens with zero attached hydrogens (tertiary/aromatic N) is 1. The zero-order valence-corrected chi connectivity index (χ0v) is 11.7. The molecule has 2 nitrogen and oxygen atoms in total. The highest BCUT2D eigenvalue weighted by Crippen LogP contribution is 2.38. The number of benzene rings is 1. The number of anilines is 2. The normalized spacial score (nSPS) is 21.2. The fraction of sp³-hybridized carbons (Fsp3) is 0.500. The average Bonchev–Trinajstić information content (AvgIpc) is 2.19. The topological polar surface area (TPSA) is 29.3 Å². The Morgan fingerprint density at radius 2 is 2.19 bits per heavy atom. The van der Waals surface area contributed by atoms with Gasteiger partial charge in [0.2, 0.25) is 0 Å². The van der Waals surface area contributed by atoms with Crippen molar-refractivity contribution in [2.24, 2.45) is 0 Å². The van der Waals surface area contributed by atoms with Crippen LogP contribution in [0.2, 0.25) is 5.02 Å². The van der Waals surface area contributed by atoms with Gasteiger partial charge in [0.25, 0.3) is 0 Å². The van der Waals surface area contributed by atoms with Crippen molar-refractivity contribution in [1.29, 1.82) is 0 Å². The van der Waals surface area contributed by atoms with Crippen molar-refractivity contribution >= 4 is 38.9 Å². The van der Waals surface area contributed by atoms with Crippen molar-refractivity contribution in [3.8, 4) is 0 Å². The fourth-order valence-electron chi connectivity index (χ4n) is 2.32. The highest BCUT2D eigenvalue weighted by molar-refractivity contribution is 9.10. The monoisotopic (exact) mass is 302 g/mol. The predicted octanol–water partition coefficient (Wildman–Crippen LogP) is 4.06. The van der Waals surface area contributed by atoms with E-state index >= 15 is 0 Å². The molecule has 4 heteroatoms. The predicted molar refractivity (Wildman–Crippen MR) is 74.2 cm³/mol. The molecule has 1 saturated heterocycles. The molecule has 1 aliphatic rings. The maximum Gasteiger partial charge on any atom is 0.0747 e. The zero-order valence-electron chi connectivity index (χ0n) is 9.34. The Hall–Kier alpha value is -0.410. The van der Waals surface area contributed by atoms with Gasteiger partial charge < -0.3 is 10.6 Å². The number of hydrogen-bond donors (Lipinski definition) is 1. The van der Waals surface area contributed by atoms with E-state index in [1.165, 1.54) is 19.3 Å². The number of piperidine rings is 1. The molecule has 1 aromatic rings. The number of nitrogen functional groups attached to an aromatic ring is 1. The smallest absolute Gasteiger partial charge is 0.0747 e. The molecule has 0 bridgehead atoms. The molecule has 0 radical (unpaired) electrons. The lowest BCUT2D eigenvalue weighted by molar-refractivity contribution is 0.485. The molecule has 0 aromatic heterocycles. The molecular weight excluding hydrogens is 288 g/mol. The van der Waals surface area contributed by atoms with E-state index in [0.717, 1.165) is 22.4 Å². The minimum Gasteiger partial charge on any atom is -0.397 e. The minimum absolute atomic E-state index is 0.550. The van der Waals surface area contributed by atoms with Gasteiger partial charge in [-0.25, -0.2) is 0 Å². The highest BCUT2D eigenvalue weighted by Gasteiger charge is 2.22. The van der Waals surface area contributed by atoms with Crippen molar-refractivity contribution in [3.05, 3.63) is 21.6 Å². The third kappa shape index (κ3) is 2.30. The zero-order chi connectivity index (χ0) is 11.7. The summed E-state index contributed by atoms with van der Waals surface area (Å²) >= 11 is 9.52. The van der Waals surface area contributed by atoms with Crippen LogP contribution in [0.15, 0.2) is 16.6 Å². The van der Waals surface area contributed by atoms with E-state index < -0.39 is 0 Å². The van der Waals surface area contributed by atoms with Gasteiger partial charge in [0.05, 0.1) is 11.4 Å². The van der Waals surface area contributed by atoms with Crippen LogP contribution in [0.5, 0.6) is 0 Å². The first-order valence-electron chi connectivity index (χ1n) is 5.60. The van der Waals surface area contributed by atoms with Crippen LogP contribution < -0.4 is 10.6 Å². The van der Waals surface area contributed by atoms with E-state index in [9.17, 15) is 0 Å². The van der Waals surface area contributed by atoms with E-state index in [2.05, 4.69) is 27.8 Å². The third-order valence-corrected chi connectivity index (χ3v) is 3.97. The Labute approximate surface area is 110 Å². The van der Waals surface area contributed by atoms with Gasteiger partial charge in [-0.15, -0.1) is 0 Å². The largest absolute Gasteiger partial charge is 0.397 e. The van der Waals surface area contributed by atoms with Gasteiger partial charge in [0, 0.05) is 22.1 Å². The van der Waals surface area contributed by atoms with Crippen molar-refractivity contribution in [2.45, 2.75) is 32.2 Å². The quantitative estimate of drug-likeness (QED) is 0.793. The van der Waals surface area contributed by atoms with E-state index in [0.29, 0.717) is 11.1 Å². The maximum atomic E-state index is 6.06. The molecule has 1 atom stereocenters. The molecule has 0 spiro atoms. The average molecular weight is 304 g/mol. The summed E-state index contributed by atoms with van der Waals surface area (Å²) in [4.78, 5) is 2.37. The van der Waals surface area contributed by atoms with Crippen molar-refractivity contribution in [1.82, 2.24) is 0 Å². The second-order valence-corrected chi connectivity index (χ2v) is 5.65. The molecule has 1 aliphatic heterocycles. The summed E-state index contributed by atoms with van der Waals surface area (Å²) in [6.45, 7) is 3.32. The van der Waals surface area contributed by atoms with E-state index in [-0.39, 0.29) is 0 Å². The summed E-state index contributed by atoms with van der Waals surface area (Å²) in [7, 11) is 0. The number of halogens is 2. The molecular formula is C12H16BrClN2. The number of hydrogen-bond acceptors (Lipinski definition) is 2. The van der Waals surface area contributed by atoms with Crippen LogP contribution in [0.25, 0.3) is 0 Å². The van der Waals surface area contributed by atoms with E-state index in [4.69, 9.17) is 17.3 Å². The maximum absolute atomic E-state index is 6.06. The van der Waals surface area contributed by atoms with Crippen molar-refractivity contribution < 1.29 is 0 Å². The summed E-state index contributed by atoms with van der Waals surface area (Å²) in [5, 5.41) is 0.679. The molecule has 0 amide bonds. The van der Waals surface area contributed by atoms with Crippen LogP contribution >= 0.6 is 27.5 Å². The molecule has 1 aromatic carbocycles. The summed E-state index contributed by atoms with van der Waals surface area (Å²) in [6.07, 6.45) is 3.77. The fourth-order valence-corrected chi connectivity index (χ4v) is 3.38. The van der Waals surface area contributed by atoms with E-state index in [1.54, 1.807) is 0 Å².